The first-order valence-electron chi connectivity index (χ1n) is 11.9. The Labute approximate surface area is 228 Å². The highest BCUT2D eigenvalue weighted by Crippen LogP contribution is 2.48. The predicted octanol–water partition coefficient (Wildman–Crippen LogP) is 4.95. The first-order chi connectivity index (χ1) is 18.7. The van der Waals surface area contributed by atoms with E-state index in [4.69, 9.17) is 4.74 Å². The summed E-state index contributed by atoms with van der Waals surface area (Å²) in [5.74, 6) is -5.76. The van der Waals surface area contributed by atoms with Crippen molar-refractivity contribution in [3.63, 3.8) is 0 Å². The molecule has 0 unspecified atom stereocenters. The normalized spacial score (nSPS) is 21.1. The average molecular weight is 614 g/mol. The Hall–Kier alpha value is -3.56. The molecule has 0 bridgehead atoms. The summed E-state index contributed by atoms with van der Waals surface area (Å²) >= 11 is 0. The van der Waals surface area contributed by atoms with Gasteiger partial charge in [0.15, 0.2) is 0 Å². The van der Waals surface area contributed by atoms with Crippen molar-refractivity contribution in [2.75, 3.05) is 10.8 Å². The molecule has 0 amide bonds. The molecule has 1 aliphatic heterocycles. The van der Waals surface area contributed by atoms with E-state index in [0.717, 1.165) is 6.07 Å². The Morgan fingerprint density at radius 2 is 1.73 bits per heavy atom. The standard InChI is InChI=1S/C25H22F7NO7S/c1-23(2,25(30,31)32)40-21(34)8-12-3-6-19-18(7-12)33(11-20(39-19)14-10-15(14)22(35)36)41(37,38)13-4-5-17(26)16(9-13)24(27,28)29/h3-7,9,14-15,20H,8,10-11H2,1-2H3,(H,35,36)/t14-,15+,20+/m0/s1. The molecule has 224 valence electrons. The van der Waals surface area contributed by atoms with E-state index >= 15 is 0 Å². The molecule has 2 aliphatic rings. The summed E-state index contributed by atoms with van der Waals surface area (Å²) in [5.41, 5.74) is -4.94. The van der Waals surface area contributed by atoms with Crippen LogP contribution in [0.15, 0.2) is 41.3 Å². The zero-order valence-corrected chi connectivity index (χ0v) is 22.0. The SMILES string of the molecule is CC(C)(OC(=O)Cc1ccc2c(c1)N(S(=O)(=O)c1ccc(F)c(C(F)(F)F)c1)C[C@H]([C@H]1C[C@H]1C(=O)O)O2)C(F)(F)F. The topological polar surface area (TPSA) is 110 Å². The number of carboxylic acids is 1. The summed E-state index contributed by atoms with van der Waals surface area (Å²) in [4.78, 5) is 22.7. The van der Waals surface area contributed by atoms with Crippen LogP contribution in [0.5, 0.6) is 5.75 Å². The van der Waals surface area contributed by atoms with Gasteiger partial charge in [-0.05, 0) is 56.2 Å². The Morgan fingerprint density at radius 3 is 2.29 bits per heavy atom. The molecule has 0 radical (unpaired) electrons. The average Bonchev–Trinajstić information content (AvgIpc) is 3.63. The fourth-order valence-corrected chi connectivity index (χ4v) is 5.85. The van der Waals surface area contributed by atoms with Crippen molar-refractivity contribution in [1.82, 2.24) is 0 Å². The third-order valence-corrected chi connectivity index (χ3v) is 8.56. The minimum atomic E-state index is -5.22. The Morgan fingerprint density at radius 1 is 1.07 bits per heavy atom. The van der Waals surface area contributed by atoms with E-state index in [0.29, 0.717) is 30.3 Å². The number of anilines is 1. The van der Waals surface area contributed by atoms with Crippen LogP contribution in [-0.2, 0) is 36.9 Å². The molecule has 2 aromatic carbocycles. The van der Waals surface area contributed by atoms with Gasteiger partial charge in [0.1, 0.15) is 17.7 Å². The first-order valence-corrected chi connectivity index (χ1v) is 13.4. The highest BCUT2D eigenvalue weighted by atomic mass is 32.2. The third kappa shape index (κ3) is 6.06. The van der Waals surface area contributed by atoms with E-state index in [1.54, 1.807) is 0 Å². The second-order valence-corrected chi connectivity index (χ2v) is 12.0. The number of ether oxygens (including phenoxy) is 2. The van der Waals surface area contributed by atoms with Crippen LogP contribution in [0.3, 0.4) is 0 Å². The summed E-state index contributed by atoms with van der Waals surface area (Å²) in [7, 11) is -4.87. The number of carbonyl (C=O) groups excluding carboxylic acids is 1. The molecule has 16 heteroatoms. The number of sulfonamides is 1. The summed E-state index contributed by atoms with van der Waals surface area (Å²) in [6, 6.07) is 4.61. The lowest BCUT2D eigenvalue weighted by Crippen LogP contribution is -2.45. The number of esters is 1. The minimum Gasteiger partial charge on any atom is -0.486 e. The van der Waals surface area contributed by atoms with E-state index in [1.807, 2.05) is 0 Å². The number of carboxylic acid groups (broad SMARTS) is 1. The lowest BCUT2D eigenvalue weighted by Gasteiger charge is -2.36. The second-order valence-electron chi connectivity index (χ2n) is 10.1. The van der Waals surface area contributed by atoms with Gasteiger partial charge in [0.25, 0.3) is 10.0 Å². The van der Waals surface area contributed by atoms with Gasteiger partial charge in [-0.25, -0.2) is 12.8 Å². The zero-order chi connectivity index (χ0) is 30.7. The minimum absolute atomic E-state index is 0.0149. The van der Waals surface area contributed by atoms with E-state index in [2.05, 4.69) is 4.74 Å². The summed E-state index contributed by atoms with van der Waals surface area (Å²) in [5, 5.41) is 9.29. The molecule has 3 atom stereocenters. The molecule has 1 heterocycles. The number of nitrogens with zero attached hydrogens (tertiary/aromatic N) is 1. The van der Waals surface area contributed by atoms with E-state index in [9.17, 15) is 53.8 Å². The summed E-state index contributed by atoms with van der Waals surface area (Å²) < 4.78 is 131. The second kappa shape index (κ2) is 10.1. The molecule has 4 rings (SSSR count). The van der Waals surface area contributed by atoms with Crippen LogP contribution in [0.4, 0.5) is 36.4 Å². The molecule has 41 heavy (non-hydrogen) atoms. The monoisotopic (exact) mass is 613 g/mol. The largest absolute Gasteiger partial charge is 0.486 e. The van der Waals surface area contributed by atoms with Gasteiger partial charge in [-0.1, -0.05) is 6.07 Å². The summed E-state index contributed by atoms with van der Waals surface area (Å²) in [6.07, 6.45) is -11.7. The van der Waals surface area contributed by atoms with Gasteiger partial charge in [-0.3, -0.25) is 13.9 Å². The van der Waals surface area contributed by atoms with Crippen LogP contribution in [0.25, 0.3) is 0 Å². The summed E-state index contributed by atoms with van der Waals surface area (Å²) in [6.45, 7) is 0.734. The van der Waals surface area contributed by atoms with Crippen molar-refractivity contribution < 1.29 is 63.3 Å². The van der Waals surface area contributed by atoms with E-state index < -0.39 is 87.1 Å². The van der Waals surface area contributed by atoms with Crippen LogP contribution in [0.2, 0.25) is 0 Å². The molecule has 0 spiro atoms. The number of fused-ring (bicyclic) bond motifs is 1. The maximum absolute atomic E-state index is 13.9. The first kappa shape index (κ1) is 30.4. The van der Waals surface area contributed by atoms with Crippen LogP contribution in [0.1, 0.15) is 31.4 Å². The van der Waals surface area contributed by atoms with Gasteiger partial charge >= 0.3 is 24.3 Å². The van der Waals surface area contributed by atoms with Crippen molar-refractivity contribution in [3.05, 3.63) is 53.3 Å². The molecule has 0 saturated heterocycles. The van der Waals surface area contributed by atoms with Crippen LogP contribution in [-0.4, -0.2) is 49.9 Å². The lowest BCUT2D eigenvalue weighted by atomic mass is 10.1. The van der Waals surface area contributed by atoms with Crippen molar-refractivity contribution in [1.29, 1.82) is 0 Å². The number of halogens is 7. The fourth-order valence-electron chi connectivity index (χ4n) is 4.34. The number of hydrogen-bond acceptors (Lipinski definition) is 6. The molecular weight excluding hydrogens is 591 g/mol. The van der Waals surface area contributed by atoms with Gasteiger partial charge in [0.05, 0.1) is 35.0 Å². The fraction of sp³-hybridized carbons (Fsp3) is 0.440. The number of aliphatic carboxylic acids is 1. The number of rotatable bonds is 7. The third-order valence-electron chi connectivity index (χ3n) is 6.78. The van der Waals surface area contributed by atoms with Gasteiger partial charge in [-0.2, -0.15) is 26.3 Å². The van der Waals surface area contributed by atoms with Crippen molar-refractivity contribution in [2.24, 2.45) is 11.8 Å². The maximum Gasteiger partial charge on any atom is 0.427 e. The molecule has 2 aromatic rings. The van der Waals surface area contributed by atoms with Crippen molar-refractivity contribution in [2.45, 2.75) is 55.6 Å². The van der Waals surface area contributed by atoms with Gasteiger partial charge < -0.3 is 14.6 Å². The molecule has 8 nitrogen and oxygen atoms in total. The van der Waals surface area contributed by atoms with Crippen LogP contribution < -0.4 is 9.04 Å². The highest BCUT2D eigenvalue weighted by molar-refractivity contribution is 7.92. The number of alkyl halides is 6. The molecule has 1 saturated carbocycles. The van der Waals surface area contributed by atoms with Crippen LogP contribution >= 0.6 is 0 Å². The molecular formula is C25H22F7NO7S. The van der Waals surface area contributed by atoms with E-state index in [-0.39, 0.29) is 29.5 Å². The smallest absolute Gasteiger partial charge is 0.427 e. The highest BCUT2D eigenvalue weighted by Gasteiger charge is 2.53. The van der Waals surface area contributed by atoms with E-state index in [1.165, 1.54) is 12.1 Å². The number of carbonyl (C=O) groups is 2. The van der Waals surface area contributed by atoms with Crippen LogP contribution in [0, 0.1) is 17.7 Å². The number of benzene rings is 2. The number of hydrogen-bond donors (Lipinski definition) is 1. The molecule has 1 N–H and O–H groups in total. The van der Waals surface area contributed by atoms with Crippen molar-refractivity contribution in [3.8, 4) is 5.75 Å². The zero-order valence-electron chi connectivity index (χ0n) is 21.2. The lowest BCUT2D eigenvalue weighted by molar-refractivity contribution is -0.257. The maximum atomic E-state index is 13.9. The Balaban J connectivity index is 1.72. The predicted molar refractivity (Wildman–Crippen MR) is 126 cm³/mol. The van der Waals surface area contributed by atoms with Gasteiger partial charge in [-0.15, -0.1) is 0 Å². The molecule has 0 aromatic heterocycles. The quantitative estimate of drug-likeness (QED) is 0.348. The van der Waals surface area contributed by atoms with Gasteiger partial charge in [0.2, 0.25) is 5.60 Å². The molecule has 1 aliphatic carbocycles. The van der Waals surface area contributed by atoms with Gasteiger partial charge in [0, 0.05) is 5.92 Å². The Kier molecular flexibility index (Phi) is 7.46. The Bertz CT molecular complexity index is 1490. The van der Waals surface area contributed by atoms with Crippen molar-refractivity contribution >= 4 is 27.6 Å². The molecule has 1 fully saturated rings.